The number of hydrogen-bond donors (Lipinski definition) is 2. The van der Waals surface area contributed by atoms with Crippen LogP contribution in [0.15, 0.2) is 18.2 Å². The molecule has 1 unspecified atom stereocenters. The van der Waals surface area contributed by atoms with Crippen molar-refractivity contribution < 1.29 is 14.3 Å². The molecule has 1 aromatic rings. The maximum absolute atomic E-state index is 12.5. The summed E-state index contributed by atoms with van der Waals surface area (Å²) in [6.45, 7) is 2.04. The third-order valence-electron chi connectivity index (χ3n) is 4.77. The first kappa shape index (κ1) is 14.2. The van der Waals surface area contributed by atoms with Crippen molar-refractivity contribution in [2.24, 2.45) is 11.3 Å². The highest BCUT2D eigenvalue weighted by Crippen LogP contribution is 2.58. The molecule has 1 heterocycles. The summed E-state index contributed by atoms with van der Waals surface area (Å²) in [7, 11) is 3.21. The van der Waals surface area contributed by atoms with E-state index in [2.05, 4.69) is 10.6 Å². The molecule has 1 saturated heterocycles. The van der Waals surface area contributed by atoms with Crippen LogP contribution in [0.1, 0.15) is 19.3 Å². The predicted molar refractivity (Wildman–Crippen MR) is 80.8 cm³/mol. The van der Waals surface area contributed by atoms with Gasteiger partial charge >= 0.3 is 0 Å². The monoisotopic (exact) mass is 290 g/mol. The van der Waals surface area contributed by atoms with Crippen molar-refractivity contribution in [1.29, 1.82) is 0 Å². The zero-order chi connectivity index (χ0) is 14.9. The SMILES string of the molecule is COc1ccc(OC)c(NC(=O)C2CC23CCNCC3)c1. The molecule has 2 aliphatic rings. The fraction of sp³-hybridized carbons (Fsp3) is 0.562. The average Bonchev–Trinajstić information content (AvgIpc) is 3.21. The quantitative estimate of drug-likeness (QED) is 0.891. The van der Waals surface area contributed by atoms with Gasteiger partial charge in [0.05, 0.1) is 19.9 Å². The summed E-state index contributed by atoms with van der Waals surface area (Å²) in [5, 5.41) is 6.36. The van der Waals surface area contributed by atoms with Crippen LogP contribution in [0.4, 0.5) is 5.69 Å². The Balaban J connectivity index is 1.70. The van der Waals surface area contributed by atoms with E-state index in [0.717, 1.165) is 32.4 Å². The van der Waals surface area contributed by atoms with E-state index in [4.69, 9.17) is 9.47 Å². The number of hydrogen-bond acceptors (Lipinski definition) is 4. The second-order valence-electron chi connectivity index (χ2n) is 5.92. The molecule has 21 heavy (non-hydrogen) atoms. The number of amides is 1. The number of carbonyl (C=O) groups excluding carboxylic acids is 1. The van der Waals surface area contributed by atoms with Gasteiger partial charge in [-0.05, 0) is 49.9 Å². The van der Waals surface area contributed by atoms with Gasteiger partial charge < -0.3 is 20.1 Å². The normalized spacial score (nSPS) is 22.7. The van der Waals surface area contributed by atoms with E-state index >= 15 is 0 Å². The highest BCUT2D eigenvalue weighted by molar-refractivity contribution is 5.96. The molecule has 1 aliphatic heterocycles. The molecular weight excluding hydrogens is 268 g/mol. The summed E-state index contributed by atoms with van der Waals surface area (Å²) in [5.74, 6) is 1.60. The molecule has 0 aromatic heterocycles. The van der Waals surface area contributed by atoms with Gasteiger partial charge in [-0.3, -0.25) is 4.79 Å². The summed E-state index contributed by atoms with van der Waals surface area (Å²) >= 11 is 0. The van der Waals surface area contributed by atoms with Gasteiger partial charge in [0.1, 0.15) is 11.5 Å². The molecule has 0 bridgehead atoms. The molecular formula is C16H22N2O3. The summed E-state index contributed by atoms with van der Waals surface area (Å²) in [6, 6.07) is 5.43. The number of carbonyl (C=O) groups is 1. The van der Waals surface area contributed by atoms with Crippen molar-refractivity contribution in [2.45, 2.75) is 19.3 Å². The summed E-state index contributed by atoms with van der Waals surface area (Å²) in [5.41, 5.74) is 0.916. The van der Waals surface area contributed by atoms with Gasteiger partial charge in [-0.15, -0.1) is 0 Å². The fourth-order valence-corrected chi connectivity index (χ4v) is 3.33. The van der Waals surface area contributed by atoms with E-state index in [1.807, 2.05) is 12.1 Å². The Hall–Kier alpha value is -1.75. The Labute approximate surface area is 125 Å². The number of piperidine rings is 1. The average molecular weight is 290 g/mol. The predicted octanol–water partition coefficient (Wildman–Crippen LogP) is 2.03. The van der Waals surface area contributed by atoms with Crippen LogP contribution in [0.2, 0.25) is 0 Å². The molecule has 1 aliphatic carbocycles. The maximum atomic E-state index is 12.5. The lowest BCUT2D eigenvalue weighted by atomic mass is 9.92. The molecule has 1 saturated carbocycles. The van der Waals surface area contributed by atoms with Crippen molar-refractivity contribution in [1.82, 2.24) is 5.32 Å². The van der Waals surface area contributed by atoms with Crippen molar-refractivity contribution in [3.63, 3.8) is 0 Å². The summed E-state index contributed by atoms with van der Waals surface area (Å²) in [4.78, 5) is 12.5. The fourth-order valence-electron chi connectivity index (χ4n) is 3.33. The van der Waals surface area contributed by atoms with Crippen LogP contribution in [0.3, 0.4) is 0 Å². The Morgan fingerprint density at radius 2 is 2.05 bits per heavy atom. The molecule has 3 rings (SSSR count). The summed E-state index contributed by atoms with van der Waals surface area (Å²) in [6.07, 6.45) is 3.20. The van der Waals surface area contributed by atoms with Crippen LogP contribution in [0.5, 0.6) is 11.5 Å². The van der Waals surface area contributed by atoms with Crippen LogP contribution in [-0.4, -0.2) is 33.2 Å². The minimum absolute atomic E-state index is 0.100. The van der Waals surface area contributed by atoms with Crippen LogP contribution in [0, 0.1) is 11.3 Å². The van der Waals surface area contributed by atoms with E-state index in [1.54, 1.807) is 20.3 Å². The molecule has 2 N–H and O–H groups in total. The number of nitrogens with one attached hydrogen (secondary N) is 2. The Morgan fingerprint density at radius 1 is 1.29 bits per heavy atom. The third kappa shape index (κ3) is 2.70. The minimum atomic E-state index is 0.100. The standard InChI is InChI=1S/C16H22N2O3/c1-20-11-3-4-14(21-2)13(9-11)18-15(19)12-10-16(12)5-7-17-8-6-16/h3-4,9,12,17H,5-8,10H2,1-2H3,(H,18,19). The number of anilines is 1. The zero-order valence-electron chi connectivity index (χ0n) is 12.6. The van der Waals surface area contributed by atoms with Gasteiger partial charge in [0.2, 0.25) is 5.91 Å². The topological polar surface area (TPSA) is 59.6 Å². The van der Waals surface area contributed by atoms with E-state index in [-0.39, 0.29) is 17.2 Å². The van der Waals surface area contributed by atoms with E-state index in [9.17, 15) is 4.79 Å². The highest BCUT2D eigenvalue weighted by atomic mass is 16.5. The van der Waals surface area contributed by atoms with Gasteiger partial charge in [-0.1, -0.05) is 0 Å². The lowest BCUT2D eigenvalue weighted by molar-refractivity contribution is -0.118. The van der Waals surface area contributed by atoms with Gasteiger partial charge in [-0.2, -0.15) is 0 Å². The van der Waals surface area contributed by atoms with E-state index in [1.165, 1.54) is 0 Å². The molecule has 1 atom stereocenters. The lowest BCUT2D eigenvalue weighted by Crippen LogP contribution is -2.31. The van der Waals surface area contributed by atoms with Crippen molar-refractivity contribution in [2.75, 3.05) is 32.6 Å². The molecule has 5 nitrogen and oxygen atoms in total. The second kappa shape index (κ2) is 5.56. The van der Waals surface area contributed by atoms with Gasteiger partial charge in [0, 0.05) is 12.0 Å². The third-order valence-corrected chi connectivity index (χ3v) is 4.77. The van der Waals surface area contributed by atoms with Crippen molar-refractivity contribution in [3.05, 3.63) is 18.2 Å². The zero-order valence-corrected chi connectivity index (χ0v) is 12.6. The van der Waals surface area contributed by atoms with Crippen LogP contribution < -0.4 is 20.1 Å². The van der Waals surface area contributed by atoms with Gasteiger partial charge in [0.25, 0.3) is 0 Å². The van der Waals surface area contributed by atoms with Crippen molar-refractivity contribution >= 4 is 11.6 Å². The first-order valence-electron chi connectivity index (χ1n) is 7.42. The molecule has 1 amide bonds. The minimum Gasteiger partial charge on any atom is -0.497 e. The number of methoxy groups -OCH3 is 2. The summed E-state index contributed by atoms with van der Waals surface area (Å²) < 4.78 is 10.5. The first-order valence-corrected chi connectivity index (χ1v) is 7.42. The van der Waals surface area contributed by atoms with E-state index in [0.29, 0.717) is 17.2 Å². The first-order chi connectivity index (χ1) is 10.2. The highest BCUT2D eigenvalue weighted by Gasteiger charge is 2.57. The molecule has 1 aromatic carbocycles. The smallest absolute Gasteiger partial charge is 0.228 e. The largest absolute Gasteiger partial charge is 0.497 e. The molecule has 5 heteroatoms. The Morgan fingerprint density at radius 3 is 2.71 bits per heavy atom. The van der Waals surface area contributed by atoms with Crippen molar-refractivity contribution in [3.8, 4) is 11.5 Å². The number of benzene rings is 1. The van der Waals surface area contributed by atoms with Crippen LogP contribution >= 0.6 is 0 Å². The second-order valence-corrected chi connectivity index (χ2v) is 5.92. The maximum Gasteiger partial charge on any atom is 0.228 e. The van der Waals surface area contributed by atoms with Gasteiger partial charge in [0.15, 0.2) is 0 Å². The van der Waals surface area contributed by atoms with Crippen LogP contribution in [-0.2, 0) is 4.79 Å². The Kier molecular flexibility index (Phi) is 3.76. The van der Waals surface area contributed by atoms with Gasteiger partial charge in [-0.25, -0.2) is 0 Å². The Bertz CT molecular complexity index is 538. The molecule has 0 radical (unpaired) electrons. The molecule has 114 valence electrons. The number of ether oxygens (including phenoxy) is 2. The lowest BCUT2D eigenvalue weighted by Gasteiger charge is -2.23. The number of rotatable bonds is 4. The molecule has 1 spiro atoms. The molecule has 2 fully saturated rings. The van der Waals surface area contributed by atoms with E-state index < -0.39 is 0 Å². The van der Waals surface area contributed by atoms with Crippen LogP contribution in [0.25, 0.3) is 0 Å².